The van der Waals surface area contributed by atoms with Gasteiger partial charge in [-0.2, -0.15) is 0 Å². The van der Waals surface area contributed by atoms with Gasteiger partial charge in [0.05, 0.1) is 0 Å². The van der Waals surface area contributed by atoms with E-state index >= 15 is 0 Å². The minimum absolute atomic E-state index is 0.0712. The second-order valence-corrected chi connectivity index (χ2v) is 11.4. The van der Waals surface area contributed by atoms with Crippen LogP contribution in [0.2, 0.25) is 0 Å². The summed E-state index contributed by atoms with van der Waals surface area (Å²) in [6.07, 6.45) is 14.1. The van der Waals surface area contributed by atoms with E-state index in [1.165, 1.54) is 56.9 Å². The molecule has 1 heterocycles. The fourth-order valence-electron chi connectivity index (χ4n) is 5.27. The van der Waals surface area contributed by atoms with Gasteiger partial charge in [0.15, 0.2) is 0 Å². The Morgan fingerprint density at radius 2 is 1.35 bits per heavy atom. The first-order valence-electron chi connectivity index (χ1n) is 13.0. The first-order valence-corrected chi connectivity index (χ1v) is 13.0. The molecule has 0 aliphatic carbocycles. The zero-order chi connectivity index (χ0) is 23.2. The zero-order valence-corrected chi connectivity index (χ0v) is 21.9. The van der Waals surface area contributed by atoms with Gasteiger partial charge in [-0.3, -0.25) is 0 Å². The molecule has 1 aromatic carbocycles. The maximum atomic E-state index is 10.4. The lowest BCUT2D eigenvalue weighted by atomic mass is 9.84. The number of hydrogen-bond donors (Lipinski definition) is 1. The summed E-state index contributed by atoms with van der Waals surface area (Å²) in [5.41, 5.74) is 4.23. The van der Waals surface area contributed by atoms with Crippen LogP contribution in [0.15, 0.2) is 0 Å². The highest BCUT2D eigenvalue weighted by Gasteiger charge is 2.34. The second-order valence-electron chi connectivity index (χ2n) is 11.4. The smallest absolute Gasteiger partial charge is 0.127 e. The molecule has 0 radical (unpaired) electrons. The number of phenols is 1. The van der Waals surface area contributed by atoms with Crippen LogP contribution in [0.25, 0.3) is 0 Å². The quantitative estimate of drug-likeness (QED) is 0.359. The van der Waals surface area contributed by atoms with Crippen molar-refractivity contribution in [1.29, 1.82) is 0 Å². The highest BCUT2D eigenvalue weighted by Crippen LogP contribution is 2.44. The standard InChI is InChI=1S/C29H50O2/c1-20(2)12-9-13-21(3)14-10-15-22(4)16-11-18-29(8)19-17-26-25(7)27(30)23(5)24(6)28(26)31-29/h20-22,30H,9-19H2,1-8H3/t21?,22?,29-/m0/s1. The zero-order valence-electron chi connectivity index (χ0n) is 21.9. The Bertz CT molecular complexity index is 705. The fourth-order valence-corrected chi connectivity index (χ4v) is 5.27. The largest absolute Gasteiger partial charge is 0.507 e. The van der Waals surface area contributed by atoms with Gasteiger partial charge < -0.3 is 9.84 Å². The lowest BCUT2D eigenvalue weighted by molar-refractivity contribution is 0.0512. The molecule has 3 atom stereocenters. The van der Waals surface area contributed by atoms with Crippen molar-refractivity contribution >= 4 is 0 Å². The summed E-state index contributed by atoms with van der Waals surface area (Å²) in [4.78, 5) is 0. The molecule has 1 aliphatic heterocycles. The first kappa shape index (κ1) is 26.1. The predicted molar refractivity (Wildman–Crippen MR) is 134 cm³/mol. The first-order chi connectivity index (χ1) is 14.5. The van der Waals surface area contributed by atoms with Crippen molar-refractivity contribution in [2.45, 2.75) is 132 Å². The number of aromatic hydroxyl groups is 1. The molecule has 1 aromatic rings. The molecule has 0 amide bonds. The van der Waals surface area contributed by atoms with Gasteiger partial charge in [-0.05, 0) is 87.8 Å². The van der Waals surface area contributed by atoms with Gasteiger partial charge in [0.1, 0.15) is 17.1 Å². The Labute approximate surface area is 193 Å². The Balaban J connectivity index is 1.74. The predicted octanol–water partition coefficient (Wildman–Crippen LogP) is 8.84. The Morgan fingerprint density at radius 3 is 1.94 bits per heavy atom. The SMILES string of the molecule is Cc1c(C)c2c(c(C)c1O)CC[C@](C)(CCCC(C)CCCC(C)CCCC(C)C)O2. The van der Waals surface area contributed by atoms with Gasteiger partial charge in [-0.15, -0.1) is 0 Å². The van der Waals surface area contributed by atoms with E-state index in [4.69, 9.17) is 4.74 Å². The Morgan fingerprint density at radius 1 is 0.806 bits per heavy atom. The summed E-state index contributed by atoms with van der Waals surface area (Å²) >= 11 is 0. The van der Waals surface area contributed by atoms with Crippen LogP contribution < -0.4 is 4.74 Å². The van der Waals surface area contributed by atoms with E-state index in [1.54, 1.807) is 0 Å². The molecule has 2 unspecified atom stereocenters. The number of fused-ring (bicyclic) bond motifs is 1. The molecular formula is C29H50O2. The van der Waals surface area contributed by atoms with Crippen molar-refractivity contribution in [2.24, 2.45) is 17.8 Å². The van der Waals surface area contributed by atoms with Crippen LogP contribution in [0, 0.1) is 38.5 Å². The van der Waals surface area contributed by atoms with E-state index < -0.39 is 0 Å². The minimum Gasteiger partial charge on any atom is -0.507 e. The molecule has 178 valence electrons. The van der Waals surface area contributed by atoms with Crippen LogP contribution >= 0.6 is 0 Å². The van der Waals surface area contributed by atoms with E-state index in [9.17, 15) is 5.11 Å². The van der Waals surface area contributed by atoms with E-state index in [0.717, 1.165) is 59.5 Å². The molecular weight excluding hydrogens is 380 g/mol. The average Bonchev–Trinajstić information content (AvgIpc) is 2.70. The van der Waals surface area contributed by atoms with Gasteiger partial charge >= 0.3 is 0 Å². The molecule has 2 heteroatoms. The van der Waals surface area contributed by atoms with E-state index in [1.807, 2.05) is 13.8 Å². The van der Waals surface area contributed by atoms with Crippen molar-refractivity contribution in [3.05, 3.63) is 22.3 Å². The summed E-state index contributed by atoms with van der Waals surface area (Å²) in [5.74, 6) is 4.04. The molecule has 2 nitrogen and oxygen atoms in total. The summed E-state index contributed by atoms with van der Waals surface area (Å²) in [5, 5.41) is 10.4. The summed E-state index contributed by atoms with van der Waals surface area (Å²) in [6.45, 7) is 17.9. The lowest BCUT2D eigenvalue weighted by Crippen LogP contribution is -2.37. The number of phenolic OH excluding ortho intramolecular Hbond substituents is 1. The molecule has 0 bridgehead atoms. The molecule has 0 spiro atoms. The molecule has 0 aromatic heterocycles. The number of rotatable bonds is 12. The number of hydrogen-bond acceptors (Lipinski definition) is 2. The minimum atomic E-state index is -0.0712. The molecule has 0 saturated heterocycles. The van der Waals surface area contributed by atoms with Gasteiger partial charge in [0, 0.05) is 5.56 Å². The number of ether oxygens (including phenoxy) is 1. The third-order valence-corrected chi connectivity index (χ3v) is 7.87. The topological polar surface area (TPSA) is 29.5 Å². The molecule has 0 fully saturated rings. The second kappa shape index (κ2) is 11.6. The van der Waals surface area contributed by atoms with Crippen LogP contribution in [0.4, 0.5) is 0 Å². The van der Waals surface area contributed by atoms with Crippen molar-refractivity contribution in [3.8, 4) is 11.5 Å². The van der Waals surface area contributed by atoms with Crippen molar-refractivity contribution in [2.75, 3.05) is 0 Å². The maximum Gasteiger partial charge on any atom is 0.127 e. The third-order valence-electron chi connectivity index (χ3n) is 7.87. The molecule has 2 rings (SSSR count). The molecule has 1 aliphatic rings. The highest BCUT2D eigenvalue weighted by atomic mass is 16.5. The van der Waals surface area contributed by atoms with Crippen LogP contribution in [0.3, 0.4) is 0 Å². The van der Waals surface area contributed by atoms with E-state index in [2.05, 4.69) is 41.5 Å². The highest BCUT2D eigenvalue weighted by molar-refractivity contribution is 5.58. The monoisotopic (exact) mass is 430 g/mol. The summed E-state index contributed by atoms with van der Waals surface area (Å²) in [7, 11) is 0. The Hall–Kier alpha value is -1.18. The van der Waals surface area contributed by atoms with Crippen LogP contribution in [-0.2, 0) is 6.42 Å². The fraction of sp³-hybridized carbons (Fsp3) is 0.793. The van der Waals surface area contributed by atoms with Gasteiger partial charge in [-0.25, -0.2) is 0 Å². The molecule has 1 N–H and O–H groups in total. The van der Waals surface area contributed by atoms with Crippen molar-refractivity contribution in [3.63, 3.8) is 0 Å². The average molecular weight is 431 g/mol. The van der Waals surface area contributed by atoms with Gasteiger partial charge in [0.25, 0.3) is 0 Å². The van der Waals surface area contributed by atoms with Crippen molar-refractivity contribution < 1.29 is 9.84 Å². The summed E-state index contributed by atoms with van der Waals surface area (Å²) in [6, 6.07) is 0. The molecule has 31 heavy (non-hydrogen) atoms. The maximum absolute atomic E-state index is 10.4. The number of benzene rings is 1. The normalized spacial score (nSPS) is 20.4. The van der Waals surface area contributed by atoms with E-state index in [0.29, 0.717) is 5.75 Å². The van der Waals surface area contributed by atoms with Gasteiger partial charge in [0.2, 0.25) is 0 Å². The summed E-state index contributed by atoms with van der Waals surface area (Å²) < 4.78 is 6.60. The van der Waals surface area contributed by atoms with Crippen LogP contribution in [0.1, 0.15) is 121 Å². The van der Waals surface area contributed by atoms with Crippen LogP contribution in [-0.4, -0.2) is 10.7 Å². The van der Waals surface area contributed by atoms with Crippen LogP contribution in [0.5, 0.6) is 11.5 Å². The Kier molecular flexibility index (Phi) is 9.77. The lowest BCUT2D eigenvalue weighted by Gasteiger charge is -2.38. The molecule has 0 saturated carbocycles. The third kappa shape index (κ3) is 7.43. The van der Waals surface area contributed by atoms with E-state index in [-0.39, 0.29) is 5.60 Å². The van der Waals surface area contributed by atoms with Crippen molar-refractivity contribution in [1.82, 2.24) is 0 Å². The van der Waals surface area contributed by atoms with Gasteiger partial charge in [-0.1, -0.05) is 72.6 Å².